The monoisotopic (exact) mass is 253 g/mol. The summed E-state index contributed by atoms with van der Waals surface area (Å²) in [6.07, 6.45) is 2.88. The molecule has 1 N–H and O–H groups in total. The van der Waals surface area contributed by atoms with Gasteiger partial charge in [0.15, 0.2) is 0 Å². The Kier molecular flexibility index (Phi) is 6.73. The van der Waals surface area contributed by atoms with E-state index in [9.17, 15) is 4.39 Å². The van der Waals surface area contributed by atoms with Gasteiger partial charge in [0.2, 0.25) is 0 Å². The second-order valence-corrected chi connectivity index (χ2v) is 5.01. The highest BCUT2D eigenvalue weighted by Crippen LogP contribution is 2.17. The Morgan fingerprint density at radius 1 is 1.28 bits per heavy atom. The first-order valence-corrected chi connectivity index (χ1v) is 6.66. The fraction of sp³-hybridized carbons (Fsp3) is 0.600. The molecule has 0 heterocycles. The van der Waals surface area contributed by atoms with Crippen molar-refractivity contribution in [1.82, 2.24) is 5.32 Å². The minimum absolute atomic E-state index is 0.163. The lowest BCUT2D eigenvalue weighted by Crippen LogP contribution is -2.20. The smallest absolute Gasteiger partial charge is 0.130 e. The number of benzene rings is 1. The molecule has 0 aliphatic heterocycles. The third-order valence-corrected chi connectivity index (χ3v) is 2.86. The number of rotatable bonds is 8. The van der Waals surface area contributed by atoms with Gasteiger partial charge in [-0.05, 0) is 49.9 Å². The van der Waals surface area contributed by atoms with E-state index in [2.05, 4.69) is 19.2 Å². The Balaban J connectivity index is 2.23. The Morgan fingerprint density at radius 3 is 2.67 bits per heavy atom. The Hall–Kier alpha value is -1.09. The minimum atomic E-state index is -0.163. The van der Waals surface area contributed by atoms with Crippen LogP contribution < -0.4 is 10.1 Å². The summed E-state index contributed by atoms with van der Waals surface area (Å²) in [5.41, 5.74) is 0.777. The third kappa shape index (κ3) is 5.50. The number of ether oxygens (including phenoxy) is 1. The summed E-state index contributed by atoms with van der Waals surface area (Å²) in [7, 11) is 1.55. The standard InChI is InChI=1S/C15H24FNO/c1-12(2)11-17-9-5-4-6-13-7-8-14(18-3)10-15(13)16/h7-8,10,12,17H,4-6,9,11H2,1-3H3. The average Bonchev–Trinajstić information content (AvgIpc) is 2.34. The molecule has 0 unspecified atom stereocenters. The average molecular weight is 253 g/mol. The minimum Gasteiger partial charge on any atom is -0.497 e. The molecule has 0 atom stereocenters. The molecule has 0 aliphatic rings. The summed E-state index contributed by atoms with van der Waals surface area (Å²) in [5, 5.41) is 3.39. The van der Waals surface area contributed by atoms with Crippen LogP contribution in [0.15, 0.2) is 18.2 Å². The van der Waals surface area contributed by atoms with E-state index in [-0.39, 0.29) is 5.82 Å². The first-order chi connectivity index (χ1) is 8.63. The van der Waals surface area contributed by atoms with Crippen molar-refractivity contribution >= 4 is 0 Å². The van der Waals surface area contributed by atoms with Crippen molar-refractivity contribution < 1.29 is 9.13 Å². The van der Waals surface area contributed by atoms with Gasteiger partial charge < -0.3 is 10.1 Å². The van der Waals surface area contributed by atoms with E-state index < -0.39 is 0 Å². The van der Waals surface area contributed by atoms with E-state index >= 15 is 0 Å². The van der Waals surface area contributed by atoms with Gasteiger partial charge in [-0.2, -0.15) is 0 Å². The quantitative estimate of drug-likeness (QED) is 0.717. The number of unbranched alkanes of at least 4 members (excludes halogenated alkanes) is 1. The molecule has 102 valence electrons. The Labute approximate surface area is 110 Å². The molecule has 0 saturated carbocycles. The maximum Gasteiger partial charge on any atom is 0.130 e. The number of hydrogen-bond donors (Lipinski definition) is 1. The summed E-state index contributed by atoms with van der Waals surface area (Å²) in [6, 6.07) is 5.08. The van der Waals surface area contributed by atoms with Gasteiger partial charge >= 0.3 is 0 Å². The van der Waals surface area contributed by atoms with E-state index in [0.29, 0.717) is 11.7 Å². The Morgan fingerprint density at radius 2 is 2.06 bits per heavy atom. The maximum absolute atomic E-state index is 13.6. The fourth-order valence-electron chi connectivity index (χ4n) is 1.81. The molecular weight excluding hydrogens is 229 g/mol. The highest BCUT2D eigenvalue weighted by molar-refractivity contribution is 5.28. The highest BCUT2D eigenvalue weighted by Gasteiger charge is 2.03. The van der Waals surface area contributed by atoms with Crippen LogP contribution in [0.4, 0.5) is 4.39 Å². The van der Waals surface area contributed by atoms with E-state index in [1.807, 2.05) is 12.1 Å². The molecule has 1 rings (SSSR count). The van der Waals surface area contributed by atoms with E-state index in [4.69, 9.17) is 4.74 Å². The SMILES string of the molecule is COc1ccc(CCCCNCC(C)C)c(F)c1. The van der Waals surface area contributed by atoms with Crippen molar-refractivity contribution in [3.05, 3.63) is 29.6 Å². The summed E-state index contributed by atoms with van der Waals surface area (Å²) in [6.45, 7) is 6.45. The number of halogens is 1. The van der Waals surface area contributed by atoms with Gasteiger partial charge in [-0.25, -0.2) is 4.39 Å². The maximum atomic E-state index is 13.6. The van der Waals surface area contributed by atoms with Gasteiger partial charge in [-0.3, -0.25) is 0 Å². The number of aryl methyl sites for hydroxylation is 1. The predicted octanol–water partition coefficient (Wildman–Crippen LogP) is 3.40. The van der Waals surface area contributed by atoms with Crippen LogP contribution in [-0.2, 0) is 6.42 Å². The second kappa shape index (κ2) is 8.09. The van der Waals surface area contributed by atoms with Crippen LogP contribution in [0.5, 0.6) is 5.75 Å². The first kappa shape index (κ1) is 15.0. The largest absolute Gasteiger partial charge is 0.497 e. The van der Waals surface area contributed by atoms with Crippen molar-refractivity contribution in [2.75, 3.05) is 20.2 Å². The first-order valence-electron chi connectivity index (χ1n) is 6.66. The molecule has 0 amide bonds. The lowest BCUT2D eigenvalue weighted by atomic mass is 10.1. The third-order valence-electron chi connectivity index (χ3n) is 2.86. The zero-order valence-electron chi connectivity index (χ0n) is 11.6. The van der Waals surface area contributed by atoms with Crippen molar-refractivity contribution in [3.63, 3.8) is 0 Å². The van der Waals surface area contributed by atoms with Crippen LogP contribution in [0.3, 0.4) is 0 Å². The van der Waals surface area contributed by atoms with Gasteiger partial charge in [0.1, 0.15) is 11.6 Å². The number of nitrogens with one attached hydrogen (secondary N) is 1. The fourth-order valence-corrected chi connectivity index (χ4v) is 1.81. The lowest BCUT2D eigenvalue weighted by molar-refractivity contribution is 0.410. The van der Waals surface area contributed by atoms with Crippen LogP contribution >= 0.6 is 0 Å². The van der Waals surface area contributed by atoms with Gasteiger partial charge in [0.05, 0.1) is 7.11 Å². The number of hydrogen-bond acceptors (Lipinski definition) is 2. The zero-order chi connectivity index (χ0) is 13.4. The molecule has 0 bridgehead atoms. The van der Waals surface area contributed by atoms with Gasteiger partial charge in [-0.15, -0.1) is 0 Å². The molecule has 2 nitrogen and oxygen atoms in total. The molecule has 0 aromatic heterocycles. The zero-order valence-corrected chi connectivity index (χ0v) is 11.6. The molecule has 1 aromatic rings. The van der Waals surface area contributed by atoms with Gasteiger partial charge in [-0.1, -0.05) is 19.9 Å². The number of methoxy groups -OCH3 is 1. The molecular formula is C15H24FNO. The van der Waals surface area contributed by atoms with Crippen molar-refractivity contribution in [1.29, 1.82) is 0 Å². The van der Waals surface area contributed by atoms with Gasteiger partial charge in [0, 0.05) is 6.07 Å². The summed E-state index contributed by atoms with van der Waals surface area (Å²) in [5.74, 6) is 1.10. The molecule has 0 radical (unpaired) electrons. The molecule has 1 aromatic carbocycles. The van der Waals surface area contributed by atoms with Crippen LogP contribution in [0.25, 0.3) is 0 Å². The van der Waals surface area contributed by atoms with Crippen LogP contribution in [-0.4, -0.2) is 20.2 Å². The van der Waals surface area contributed by atoms with Crippen molar-refractivity contribution in [3.8, 4) is 5.75 Å². The van der Waals surface area contributed by atoms with E-state index in [1.165, 1.54) is 6.07 Å². The molecule has 18 heavy (non-hydrogen) atoms. The van der Waals surface area contributed by atoms with Gasteiger partial charge in [0.25, 0.3) is 0 Å². The van der Waals surface area contributed by atoms with Crippen LogP contribution in [0.2, 0.25) is 0 Å². The molecule has 3 heteroatoms. The summed E-state index contributed by atoms with van der Waals surface area (Å²) < 4.78 is 18.6. The topological polar surface area (TPSA) is 21.3 Å². The van der Waals surface area contributed by atoms with E-state index in [0.717, 1.165) is 37.9 Å². The normalized spacial score (nSPS) is 10.9. The second-order valence-electron chi connectivity index (χ2n) is 5.01. The lowest BCUT2D eigenvalue weighted by Gasteiger charge is -2.08. The van der Waals surface area contributed by atoms with Crippen molar-refractivity contribution in [2.45, 2.75) is 33.1 Å². The Bertz CT molecular complexity index is 352. The highest BCUT2D eigenvalue weighted by atomic mass is 19.1. The molecule has 0 fully saturated rings. The summed E-state index contributed by atoms with van der Waals surface area (Å²) in [4.78, 5) is 0. The molecule has 0 spiro atoms. The van der Waals surface area contributed by atoms with Crippen LogP contribution in [0.1, 0.15) is 32.3 Å². The predicted molar refractivity (Wildman–Crippen MR) is 73.6 cm³/mol. The molecule has 0 saturated heterocycles. The molecule has 0 aliphatic carbocycles. The van der Waals surface area contributed by atoms with E-state index in [1.54, 1.807) is 7.11 Å². The van der Waals surface area contributed by atoms with Crippen LogP contribution in [0, 0.1) is 11.7 Å². The summed E-state index contributed by atoms with van der Waals surface area (Å²) >= 11 is 0. The van der Waals surface area contributed by atoms with Crippen molar-refractivity contribution in [2.24, 2.45) is 5.92 Å².